The fourth-order valence-corrected chi connectivity index (χ4v) is 3.48. The lowest BCUT2D eigenvalue weighted by molar-refractivity contribution is 0.0360. The number of amides is 1. The van der Waals surface area contributed by atoms with Crippen LogP contribution < -0.4 is 11.2 Å². The van der Waals surface area contributed by atoms with Crippen molar-refractivity contribution in [2.75, 3.05) is 13.2 Å². The number of hydrazine groups is 1. The molecule has 1 amide bonds. The number of rotatable bonds is 5. The highest BCUT2D eigenvalue weighted by Crippen LogP contribution is 2.36. The number of nitrogens with zero attached hydrogens (tertiary/aromatic N) is 3. The molecular formula is C18H24ClN5O2. The number of aromatic nitrogens is 2. The maximum Gasteiger partial charge on any atom is 0.426 e. The van der Waals surface area contributed by atoms with Gasteiger partial charge in [-0.3, -0.25) is 5.32 Å². The highest BCUT2D eigenvalue weighted by atomic mass is 35.5. The Kier molecular flexibility index (Phi) is 5.60. The van der Waals surface area contributed by atoms with Crippen molar-refractivity contribution >= 4 is 28.6 Å². The quantitative estimate of drug-likeness (QED) is 0.273. The molecule has 0 bridgehead atoms. The summed E-state index contributed by atoms with van der Waals surface area (Å²) in [6, 6.07) is 5.86. The van der Waals surface area contributed by atoms with Crippen LogP contribution in [0.25, 0.3) is 10.9 Å². The minimum absolute atomic E-state index is 0.124. The molecule has 0 spiro atoms. The first-order chi connectivity index (χ1) is 12.5. The Labute approximate surface area is 157 Å². The minimum Gasteiger partial charge on any atom is -0.448 e. The van der Waals surface area contributed by atoms with E-state index in [1.54, 1.807) is 0 Å². The Morgan fingerprint density at radius 3 is 2.96 bits per heavy atom. The predicted molar refractivity (Wildman–Crippen MR) is 100 cm³/mol. The molecule has 3 N–H and O–H groups in total. The van der Waals surface area contributed by atoms with Crippen LogP contribution in [0, 0.1) is 6.92 Å². The molecule has 1 atom stereocenters. The molecular weight excluding hydrogens is 354 g/mol. The third-order valence-electron chi connectivity index (χ3n) is 4.68. The Bertz CT molecular complexity index is 802. The smallest absolute Gasteiger partial charge is 0.426 e. The zero-order chi connectivity index (χ0) is 18.7. The van der Waals surface area contributed by atoms with Crippen molar-refractivity contribution in [3.8, 4) is 0 Å². The predicted octanol–water partition coefficient (Wildman–Crippen LogP) is 3.24. The van der Waals surface area contributed by atoms with Gasteiger partial charge in [-0.05, 0) is 56.0 Å². The molecule has 2 heterocycles. The van der Waals surface area contributed by atoms with Crippen molar-refractivity contribution < 1.29 is 9.53 Å². The number of carbonyl (C=O) groups is 1. The summed E-state index contributed by atoms with van der Waals surface area (Å²) in [5, 5.41) is 5.40. The zero-order valence-electron chi connectivity index (χ0n) is 15.1. The highest BCUT2D eigenvalue weighted by molar-refractivity contribution is 6.28. The van der Waals surface area contributed by atoms with Gasteiger partial charge in [0.25, 0.3) is 0 Å². The summed E-state index contributed by atoms with van der Waals surface area (Å²) in [5.41, 5.74) is 1.42. The minimum atomic E-state index is -0.969. The first kappa shape index (κ1) is 18.8. The Morgan fingerprint density at radius 1 is 1.46 bits per heavy atom. The molecule has 0 aliphatic carbocycles. The van der Waals surface area contributed by atoms with Gasteiger partial charge in [-0.2, -0.15) is 0 Å². The van der Waals surface area contributed by atoms with Gasteiger partial charge in [-0.15, -0.1) is 0 Å². The second kappa shape index (κ2) is 7.73. The summed E-state index contributed by atoms with van der Waals surface area (Å²) < 4.78 is 5.31. The first-order valence-corrected chi connectivity index (χ1v) is 9.27. The van der Waals surface area contributed by atoms with E-state index in [0.717, 1.165) is 40.7 Å². The highest BCUT2D eigenvalue weighted by Gasteiger charge is 2.46. The maximum absolute atomic E-state index is 12.5. The molecule has 140 valence electrons. The largest absolute Gasteiger partial charge is 0.448 e. The lowest BCUT2D eigenvalue weighted by Crippen LogP contribution is -2.59. The van der Waals surface area contributed by atoms with Crippen LogP contribution in [0.15, 0.2) is 18.2 Å². The molecule has 1 aliphatic heterocycles. The summed E-state index contributed by atoms with van der Waals surface area (Å²) in [5.74, 6) is 6.24. The average Bonchev–Trinajstić information content (AvgIpc) is 3.11. The van der Waals surface area contributed by atoms with Gasteiger partial charge >= 0.3 is 6.09 Å². The average molecular weight is 378 g/mol. The number of ether oxygens (including phenoxy) is 1. The molecule has 7 nitrogen and oxygen atoms in total. The van der Waals surface area contributed by atoms with Crippen LogP contribution in [-0.2, 0) is 10.4 Å². The summed E-state index contributed by atoms with van der Waals surface area (Å²) in [6.45, 7) is 5.07. The molecule has 26 heavy (non-hydrogen) atoms. The molecule has 1 aliphatic rings. The van der Waals surface area contributed by atoms with E-state index in [0.29, 0.717) is 25.3 Å². The Hall–Kier alpha value is -1.96. The van der Waals surface area contributed by atoms with Gasteiger partial charge in [-0.25, -0.2) is 25.6 Å². The van der Waals surface area contributed by atoms with E-state index < -0.39 is 11.8 Å². The zero-order valence-corrected chi connectivity index (χ0v) is 15.8. The third-order valence-corrected chi connectivity index (χ3v) is 4.85. The van der Waals surface area contributed by atoms with Crippen LogP contribution in [0.5, 0.6) is 0 Å². The lowest BCUT2D eigenvalue weighted by Gasteiger charge is -2.37. The normalized spacial score (nSPS) is 19.7. The fourth-order valence-electron chi connectivity index (χ4n) is 3.31. The van der Waals surface area contributed by atoms with Crippen molar-refractivity contribution in [2.24, 2.45) is 5.84 Å². The topological polar surface area (TPSA) is 93.4 Å². The fraction of sp³-hybridized carbons (Fsp3) is 0.500. The van der Waals surface area contributed by atoms with Crippen molar-refractivity contribution in [3.05, 3.63) is 34.7 Å². The van der Waals surface area contributed by atoms with Gasteiger partial charge in [0.2, 0.25) is 5.28 Å². The summed E-state index contributed by atoms with van der Waals surface area (Å²) in [4.78, 5) is 21.3. The summed E-state index contributed by atoms with van der Waals surface area (Å²) in [6.07, 6.45) is 2.62. The Balaban J connectivity index is 2.05. The van der Waals surface area contributed by atoms with Crippen LogP contribution in [-0.4, -0.2) is 34.2 Å². The first-order valence-electron chi connectivity index (χ1n) is 8.89. The lowest BCUT2D eigenvalue weighted by atomic mass is 9.98. The van der Waals surface area contributed by atoms with Gasteiger partial charge in [0, 0.05) is 5.39 Å². The second-order valence-corrected chi connectivity index (χ2v) is 6.93. The number of hydrogen-bond donors (Lipinski definition) is 2. The van der Waals surface area contributed by atoms with E-state index in [-0.39, 0.29) is 5.28 Å². The molecule has 1 unspecified atom stereocenters. The third kappa shape index (κ3) is 3.47. The van der Waals surface area contributed by atoms with Gasteiger partial charge < -0.3 is 4.74 Å². The van der Waals surface area contributed by atoms with Crippen molar-refractivity contribution in [1.29, 1.82) is 0 Å². The number of aryl methyl sites for hydroxylation is 1. The van der Waals surface area contributed by atoms with Crippen LogP contribution in [0.4, 0.5) is 4.79 Å². The van der Waals surface area contributed by atoms with Gasteiger partial charge in [0.15, 0.2) is 5.66 Å². The molecule has 8 heteroatoms. The second-order valence-electron chi connectivity index (χ2n) is 6.59. The van der Waals surface area contributed by atoms with Crippen molar-refractivity contribution in [1.82, 2.24) is 20.3 Å². The summed E-state index contributed by atoms with van der Waals surface area (Å²) in [7, 11) is 0. The number of carbonyl (C=O) groups excluding carboxylic acids is 1. The number of unbranched alkanes of at least 4 members (excludes halogenated alkanes) is 1. The Morgan fingerprint density at radius 2 is 2.27 bits per heavy atom. The standard InChI is InChI=1S/C18H24ClN5O2/c1-3-4-10-26-17(25)24(20)18(8-5-9-21-18)15-13-7-6-12(2)11-14(13)22-16(19)23-15/h6-7,11,21H,3-5,8-10,20H2,1-2H3. The van der Waals surface area contributed by atoms with Crippen molar-refractivity contribution in [3.63, 3.8) is 0 Å². The SMILES string of the molecule is CCCCOC(=O)N(N)C1(c2nc(Cl)nc3cc(C)ccc23)CCCN1. The maximum atomic E-state index is 12.5. The van der Waals surface area contributed by atoms with Crippen molar-refractivity contribution in [2.45, 2.75) is 45.2 Å². The molecule has 0 radical (unpaired) electrons. The molecule has 1 saturated heterocycles. The van der Waals surface area contributed by atoms with Gasteiger partial charge in [0.05, 0.1) is 17.8 Å². The monoisotopic (exact) mass is 377 g/mol. The van der Waals surface area contributed by atoms with Crippen LogP contribution in [0.2, 0.25) is 5.28 Å². The summed E-state index contributed by atoms with van der Waals surface area (Å²) >= 11 is 6.18. The van der Waals surface area contributed by atoms with Crippen LogP contribution in [0.3, 0.4) is 0 Å². The van der Waals surface area contributed by atoms with Crippen LogP contribution in [0.1, 0.15) is 43.9 Å². The molecule has 1 fully saturated rings. The molecule has 2 aromatic rings. The van der Waals surface area contributed by atoms with E-state index in [1.165, 1.54) is 0 Å². The van der Waals surface area contributed by atoms with E-state index in [4.69, 9.17) is 22.2 Å². The molecule has 3 rings (SSSR count). The molecule has 1 aromatic carbocycles. The molecule has 0 saturated carbocycles. The van der Waals surface area contributed by atoms with Gasteiger partial charge in [-0.1, -0.05) is 25.5 Å². The molecule has 1 aromatic heterocycles. The van der Waals surface area contributed by atoms with E-state index >= 15 is 0 Å². The van der Waals surface area contributed by atoms with E-state index in [2.05, 4.69) is 15.3 Å². The van der Waals surface area contributed by atoms with Crippen LogP contribution >= 0.6 is 11.6 Å². The van der Waals surface area contributed by atoms with E-state index in [9.17, 15) is 4.79 Å². The number of hydrogen-bond acceptors (Lipinski definition) is 6. The number of fused-ring (bicyclic) bond motifs is 1. The number of nitrogens with two attached hydrogens (primary N) is 1. The van der Waals surface area contributed by atoms with E-state index in [1.807, 2.05) is 32.0 Å². The van der Waals surface area contributed by atoms with Gasteiger partial charge in [0.1, 0.15) is 0 Å². The number of halogens is 1. The number of nitrogens with one attached hydrogen (secondary N) is 1. The number of benzene rings is 1.